The van der Waals surface area contributed by atoms with Crippen LogP contribution < -0.4 is 5.32 Å². The smallest absolute Gasteiger partial charge is 0.238 e. The van der Waals surface area contributed by atoms with Crippen molar-refractivity contribution in [3.63, 3.8) is 0 Å². The Morgan fingerprint density at radius 2 is 2.35 bits per heavy atom. The minimum Gasteiger partial charge on any atom is -0.335 e. The van der Waals surface area contributed by atoms with E-state index in [0.29, 0.717) is 0 Å². The van der Waals surface area contributed by atoms with Crippen LogP contribution in [-0.2, 0) is 11.2 Å². The van der Waals surface area contributed by atoms with Crippen molar-refractivity contribution in [1.82, 2.24) is 5.32 Å². The van der Waals surface area contributed by atoms with Crippen LogP contribution in [0, 0.1) is 11.3 Å². The fraction of sp³-hybridized carbons (Fsp3) is 0.286. The highest BCUT2D eigenvalue weighted by atomic mass is 32.2. The lowest BCUT2D eigenvalue weighted by Crippen LogP contribution is -2.32. The highest BCUT2D eigenvalue weighted by molar-refractivity contribution is 8.00. The number of carbonyl (C=O) groups is 1. The largest absolute Gasteiger partial charge is 0.335 e. The first kappa shape index (κ1) is 13.7. The second kappa shape index (κ2) is 6.00. The Morgan fingerprint density at radius 1 is 1.45 bits per heavy atom. The van der Waals surface area contributed by atoms with Gasteiger partial charge in [0.25, 0.3) is 0 Å². The second-order valence-corrected chi connectivity index (χ2v) is 7.42. The maximum absolute atomic E-state index is 12.4. The monoisotopic (exact) mass is 320 g/mol. The van der Waals surface area contributed by atoms with Gasteiger partial charge in [-0.2, -0.15) is 16.6 Å². The Labute approximate surface area is 129 Å². The molecule has 20 heavy (non-hydrogen) atoms. The van der Waals surface area contributed by atoms with Crippen LogP contribution in [0.1, 0.15) is 27.3 Å². The predicted molar refractivity (Wildman–Crippen MR) is 84.0 cm³/mol. The number of thioether (sulfide) groups is 1. The van der Waals surface area contributed by atoms with E-state index in [2.05, 4.69) is 11.4 Å². The molecule has 0 saturated carbocycles. The zero-order chi connectivity index (χ0) is 13.9. The lowest BCUT2D eigenvalue weighted by molar-refractivity contribution is -0.121. The van der Waals surface area contributed by atoms with Gasteiger partial charge >= 0.3 is 0 Å². The van der Waals surface area contributed by atoms with Gasteiger partial charge in [-0.05, 0) is 51.6 Å². The maximum atomic E-state index is 12.4. The average molecular weight is 320 g/mol. The predicted octanol–water partition coefficient (Wildman–Crippen LogP) is 3.52. The summed E-state index contributed by atoms with van der Waals surface area (Å²) in [6.45, 7) is 0. The summed E-state index contributed by atoms with van der Waals surface area (Å²) in [6.07, 6.45) is 1.04. The lowest BCUT2D eigenvalue weighted by atomic mass is 10.1. The van der Waals surface area contributed by atoms with Gasteiger partial charge < -0.3 is 5.32 Å². The molecule has 2 aromatic rings. The number of nitriles is 1. The summed E-state index contributed by atoms with van der Waals surface area (Å²) in [5.41, 5.74) is 1.97. The summed E-state index contributed by atoms with van der Waals surface area (Å²) in [5, 5.41) is 17.8. The van der Waals surface area contributed by atoms with Crippen molar-refractivity contribution in [2.24, 2.45) is 0 Å². The van der Waals surface area contributed by atoms with E-state index in [4.69, 9.17) is 0 Å². The van der Waals surface area contributed by atoms with E-state index >= 15 is 0 Å². The first-order valence-electron chi connectivity index (χ1n) is 6.19. The molecule has 0 aliphatic carbocycles. The number of hydrogen-bond donors (Lipinski definition) is 1. The maximum Gasteiger partial charge on any atom is 0.238 e. The normalized spacial score (nSPS) is 18.9. The summed E-state index contributed by atoms with van der Waals surface area (Å²) in [6, 6.07) is 5.51. The Morgan fingerprint density at radius 3 is 3.10 bits per heavy atom. The molecule has 2 atom stereocenters. The molecule has 102 valence electrons. The number of amides is 1. The molecule has 0 unspecified atom stereocenters. The van der Waals surface area contributed by atoms with Crippen LogP contribution in [-0.4, -0.2) is 11.7 Å². The van der Waals surface area contributed by atoms with Crippen LogP contribution in [0.5, 0.6) is 0 Å². The van der Waals surface area contributed by atoms with Crippen LogP contribution in [0.15, 0.2) is 28.3 Å². The molecule has 3 heterocycles. The Bertz CT molecular complexity index is 642. The fourth-order valence-corrected chi connectivity index (χ4v) is 5.20. The number of carbonyl (C=O) groups excluding carboxylic acids is 1. The van der Waals surface area contributed by atoms with E-state index in [1.165, 1.54) is 16.2 Å². The van der Waals surface area contributed by atoms with E-state index in [0.717, 1.165) is 23.3 Å². The van der Waals surface area contributed by atoms with E-state index in [1.807, 2.05) is 28.3 Å². The Kier molecular flexibility index (Phi) is 4.10. The molecule has 0 aromatic carbocycles. The first-order valence-corrected chi connectivity index (χ1v) is 9.06. The zero-order valence-electron chi connectivity index (χ0n) is 10.5. The van der Waals surface area contributed by atoms with Crippen molar-refractivity contribution < 1.29 is 4.79 Å². The SMILES string of the molecule is N#C[C@@H](NC(=O)[C@H]1SCCc2sccc21)c1ccsc1. The van der Waals surface area contributed by atoms with E-state index in [9.17, 15) is 10.1 Å². The third-order valence-corrected chi connectivity index (χ3v) is 6.15. The molecule has 2 aromatic heterocycles. The minimum atomic E-state index is -0.557. The molecule has 3 rings (SSSR count). The molecule has 1 N–H and O–H groups in total. The third-order valence-electron chi connectivity index (χ3n) is 3.21. The third kappa shape index (κ3) is 2.62. The molecule has 0 saturated heterocycles. The molecular weight excluding hydrogens is 308 g/mol. The van der Waals surface area contributed by atoms with Gasteiger partial charge in [0.15, 0.2) is 0 Å². The van der Waals surface area contributed by atoms with Gasteiger partial charge in [0.1, 0.15) is 11.3 Å². The van der Waals surface area contributed by atoms with Crippen molar-refractivity contribution in [1.29, 1.82) is 5.26 Å². The van der Waals surface area contributed by atoms with Crippen molar-refractivity contribution in [3.8, 4) is 6.07 Å². The molecule has 1 aliphatic heterocycles. The molecule has 0 radical (unpaired) electrons. The average Bonchev–Trinajstić information content (AvgIpc) is 3.14. The molecular formula is C14H12N2OS3. The summed E-state index contributed by atoms with van der Waals surface area (Å²) < 4.78 is 0. The van der Waals surface area contributed by atoms with Crippen LogP contribution in [0.3, 0.4) is 0 Å². The summed E-state index contributed by atoms with van der Waals surface area (Å²) in [7, 11) is 0. The number of nitrogens with zero attached hydrogens (tertiary/aromatic N) is 1. The van der Waals surface area contributed by atoms with Crippen LogP contribution in [0.25, 0.3) is 0 Å². The first-order chi connectivity index (χ1) is 9.79. The molecule has 6 heteroatoms. The van der Waals surface area contributed by atoms with Crippen LogP contribution in [0.2, 0.25) is 0 Å². The standard InChI is InChI=1S/C14H12N2OS3/c15-7-11(9-1-4-18-8-9)16-14(17)13-10-2-5-19-12(10)3-6-20-13/h1-2,4-5,8,11,13H,3,6H2,(H,16,17)/t11-,13+/m1/s1. The second-order valence-electron chi connectivity index (χ2n) is 4.43. The number of aryl methyl sites for hydroxylation is 1. The number of nitrogens with one attached hydrogen (secondary N) is 1. The van der Waals surface area contributed by atoms with Crippen molar-refractivity contribution in [3.05, 3.63) is 44.3 Å². The molecule has 0 fully saturated rings. The summed E-state index contributed by atoms with van der Waals surface area (Å²) in [5.74, 6) is 0.897. The number of hydrogen-bond acceptors (Lipinski definition) is 5. The fourth-order valence-electron chi connectivity index (χ4n) is 2.21. The van der Waals surface area contributed by atoms with Gasteiger partial charge in [0, 0.05) is 4.88 Å². The highest BCUT2D eigenvalue weighted by Crippen LogP contribution is 2.39. The summed E-state index contributed by atoms with van der Waals surface area (Å²) in [4.78, 5) is 13.7. The quantitative estimate of drug-likeness (QED) is 0.941. The van der Waals surface area contributed by atoms with Gasteiger partial charge in [-0.1, -0.05) is 0 Å². The summed E-state index contributed by atoms with van der Waals surface area (Å²) >= 11 is 4.90. The van der Waals surface area contributed by atoms with Gasteiger partial charge in [0.05, 0.1) is 6.07 Å². The molecule has 0 spiro atoms. The van der Waals surface area contributed by atoms with Crippen molar-refractivity contribution in [2.45, 2.75) is 17.7 Å². The number of thiophene rings is 2. The molecule has 1 amide bonds. The molecule has 1 aliphatic rings. The number of fused-ring (bicyclic) bond motifs is 1. The molecule has 0 bridgehead atoms. The van der Waals surface area contributed by atoms with Gasteiger partial charge in [0.2, 0.25) is 5.91 Å². The number of rotatable bonds is 3. The zero-order valence-corrected chi connectivity index (χ0v) is 13.0. The Hall–Kier alpha value is -1.29. The highest BCUT2D eigenvalue weighted by Gasteiger charge is 2.29. The van der Waals surface area contributed by atoms with Crippen LogP contribution >= 0.6 is 34.4 Å². The van der Waals surface area contributed by atoms with E-state index in [-0.39, 0.29) is 11.2 Å². The minimum absolute atomic E-state index is 0.0629. The van der Waals surface area contributed by atoms with Gasteiger partial charge in [-0.15, -0.1) is 23.1 Å². The van der Waals surface area contributed by atoms with Gasteiger partial charge in [-0.3, -0.25) is 4.79 Å². The van der Waals surface area contributed by atoms with Gasteiger partial charge in [-0.25, -0.2) is 0 Å². The van der Waals surface area contributed by atoms with Crippen molar-refractivity contribution in [2.75, 3.05) is 5.75 Å². The van der Waals surface area contributed by atoms with E-state index < -0.39 is 6.04 Å². The molecule has 3 nitrogen and oxygen atoms in total. The topological polar surface area (TPSA) is 52.9 Å². The van der Waals surface area contributed by atoms with Crippen molar-refractivity contribution >= 4 is 40.3 Å². The van der Waals surface area contributed by atoms with E-state index in [1.54, 1.807) is 23.1 Å². The lowest BCUT2D eigenvalue weighted by Gasteiger charge is -2.22. The van der Waals surface area contributed by atoms with Crippen LogP contribution in [0.4, 0.5) is 0 Å². The Balaban J connectivity index is 1.76.